The molecule has 17 heavy (non-hydrogen) atoms. The highest BCUT2D eigenvalue weighted by molar-refractivity contribution is 5.90. The van der Waals surface area contributed by atoms with Crippen molar-refractivity contribution in [3.63, 3.8) is 0 Å². The van der Waals surface area contributed by atoms with Crippen LogP contribution >= 0.6 is 12.4 Å². The molecule has 0 saturated carbocycles. The molecule has 3 N–H and O–H groups in total. The van der Waals surface area contributed by atoms with Crippen LogP contribution in [0.5, 0.6) is 0 Å². The van der Waals surface area contributed by atoms with Crippen molar-refractivity contribution < 1.29 is 9.59 Å². The number of rotatable bonds is 5. The predicted octanol–water partition coefficient (Wildman–Crippen LogP) is 0.193. The van der Waals surface area contributed by atoms with Gasteiger partial charge < -0.3 is 16.0 Å². The fraction of sp³-hybridized carbons (Fsp3) is 0.818. The van der Waals surface area contributed by atoms with E-state index in [4.69, 9.17) is 0 Å². The summed E-state index contributed by atoms with van der Waals surface area (Å²) in [6.07, 6.45) is 2.63. The second kappa shape index (κ2) is 7.50. The first-order chi connectivity index (χ1) is 7.64. The van der Waals surface area contributed by atoms with Crippen LogP contribution in [0.4, 0.5) is 0 Å². The number of amides is 2. The van der Waals surface area contributed by atoms with E-state index >= 15 is 0 Å². The molecule has 1 unspecified atom stereocenters. The van der Waals surface area contributed by atoms with Crippen LogP contribution in [0.1, 0.15) is 33.1 Å². The van der Waals surface area contributed by atoms with E-state index in [-0.39, 0.29) is 30.8 Å². The Morgan fingerprint density at radius 1 is 1.29 bits per heavy atom. The highest BCUT2D eigenvalue weighted by Gasteiger charge is 2.38. The Morgan fingerprint density at radius 3 is 2.47 bits per heavy atom. The lowest BCUT2D eigenvalue weighted by atomic mass is 9.93. The van der Waals surface area contributed by atoms with Gasteiger partial charge in [0.15, 0.2) is 0 Å². The molecular formula is C11H22ClN3O2. The van der Waals surface area contributed by atoms with Gasteiger partial charge in [-0.3, -0.25) is 9.59 Å². The van der Waals surface area contributed by atoms with Gasteiger partial charge in [-0.15, -0.1) is 12.4 Å². The second-order valence-electron chi connectivity index (χ2n) is 4.10. The minimum Gasteiger partial charge on any atom is -0.355 e. The number of hydrogen-bond acceptors (Lipinski definition) is 3. The fourth-order valence-electron chi connectivity index (χ4n) is 2.05. The molecular weight excluding hydrogens is 242 g/mol. The summed E-state index contributed by atoms with van der Waals surface area (Å²) >= 11 is 0. The van der Waals surface area contributed by atoms with Crippen LogP contribution in [-0.2, 0) is 9.59 Å². The van der Waals surface area contributed by atoms with Crippen molar-refractivity contribution in [3.05, 3.63) is 0 Å². The molecule has 1 aliphatic heterocycles. The summed E-state index contributed by atoms with van der Waals surface area (Å²) in [6.45, 7) is 5.38. The molecule has 1 atom stereocenters. The molecule has 0 radical (unpaired) electrons. The standard InChI is InChI=1S/C11H21N3O2.ClH/c1-3-11(6-5-7-14-11)10(16)13-8-9(15)12-4-2;/h14H,3-8H2,1-2H3,(H,12,15)(H,13,16);1H. The Kier molecular flexibility index (Phi) is 7.15. The predicted molar refractivity (Wildman–Crippen MR) is 69.2 cm³/mol. The molecule has 1 rings (SSSR count). The Hall–Kier alpha value is -0.810. The smallest absolute Gasteiger partial charge is 0.240 e. The van der Waals surface area contributed by atoms with Crippen LogP contribution < -0.4 is 16.0 Å². The van der Waals surface area contributed by atoms with Gasteiger partial charge in [0.25, 0.3) is 0 Å². The number of nitrogens with one attached hydrogen (secondary N) is 3. The van der Waals surface area contributed by atoms with Crippen molar-refractivity contribution in [2.45, 2.75) is 38.6 Å². The van der Waals surface area contributed by atoms with Crippen molar-refractivity contribution in [2.75, 3.05) is 19.6 Å². The molecule has 6 heteroatoms. The van der Waals surface area contributed by atoms with Gasteiger partial charge in [0.2, 0.25) is 11.8 Å². The maximum atomic E-state index is 12.0. The van der Waals surface area contributed by atoms with Crippen LogP contribution in [0, 0.1) is 0 Å². The van der Waals surface area contributed by atoms with Gasteiger partial charge in [-0.25, -0.2) is 0 Å². The summed E-state index contributed by atoms with van der Waals surface area (Å²) in [7, 11) is 0. The van der Waals surface area contributed by atoms with Crippen molar-refractivity contribution in [1.82, 2.24) is 16.0 Å². The fourth-order valence-corrected chi connectivity index (χ4v) is 2.05. The van der Waals surface area contributed by atoms with E-state index < -0.39 is 5.54 Å². The zero-order valence-electron chi connectivity index (χ0n) is 10.5. The van der Waals surface area contributed by atoms with Gasteiger partial charge in [-0.05, 0) is 32.7 Å². The van der Waals surface area contributed by atoms with Crippen molar-refractivity contribution in [2.24, 2.45) is 0 Å². The topological polar surface area (TPSA) is 70.2 Å². The third-order valence-corrected chi connectivity index (χ3v) is 3.07. The first kappa shape index (κ1) is 16.2. The minimum absolute atomic E-state index is 0. The molecule has 1 heterocycles. The van der Waals surface area contributed by atoms with Crippen molar-refractivity contribution >= 4 is 24.2 Å². The average Bonchev–Trinajstić information content (AvgIpc) is 2.76. The summed E-state index contributed by atoms with van der Waals surface area (Å²) in [5, 5.41) is 8.57. The molecule has 0 aromatic rings. The molecule has 0 aliphatic carbocycles. The average molecular weight is 264 g/mol. The Bertz CT molecular complexity index is 265. The second-order valence-corrected chi connectivity index (χ2v) is 4.10. The van der Waals surface area contributed by atoms with Crippen LogP contribution in [0.2, 0.25) is 0 Å². The zero-order valence-corrected chi connectivity index (χ0v) is 11.3. The first-order valence-corrected chi connectivity index (χ1v) is 5.94. The van der Waals surface area contributed by atoms with Gasteiger partial charge in [0, 0.05) is 6.54 Å². The summed E-state index contributed by atoms with van der Waals surface area (Å²) in [5.74, 6) is -0.196. The van der Waals surface area contributed by atoms with Gasteiger partial charge in [0.05, 0.1) is 12.1 Å². The van der Waals surface area contributed by atoms with E-state index in [1.807, 2.05) is 13.8 Å². The third-order valence-electron chi connectivity index (χ3n) is 3.07. The number of hydrogen-bond donors (Lipinski definition) is 3. The van der Waals surface area contributed by atoms with Crippen molar-refractivity contribution in [1.29, 1.82) is 0 Å². The van der Waals surface area contributed by atoms with E-state index in [1.54, 1.807) is 0 Å². The normalized spacial score (nSPS) is 22.7. The highest BCUT2D eigenvalue weighted by atomic mass is 35.5. The van der Waals surface area contributed by atoms with E-state index in [9.17, 15) is 9.59 Å². The SMILES string of the molecule is CCNC(=O)CNC(=O)C1(CC)CCCN1.Cl. The number of likely N-dealkylation sites (N-methyl/N-ethyl adjacent to an activating group) is 1. The molecule has 5 nitrogen and oxygen atoms in total. The van der Waals surface area contributed by atoms with Crippen molar-refractivity contribution in [3.8, 4) is 0 Å². The Balaban J connectivity index is 0.00000256. The van der Waals surface area contributed by atoms with Gasteiger partial charge in [0.1, 0.15) is 0 Å². The van der Waals surface area contributed by atoms with E-state index in [0.29, 0.717) is 6.54 Å². The quantitative estimate of drug-likeness (QED) is 0.663. The van der Waals surface area contributed by atoms with Crippen LogP contribution in [-0.4, -0.2) is 37.0 Å². The maximum Gasteiger partial charge on any atom is 0.240 e. The summed E-state index contributed by atoms with van der Waals surface area (Å²) in [5.41, 5.74) is -0.452. The van der Waals surface area contributed by atoms with Gasteiger partial charge >= 0.3 is 0 Å². The molecule has 0 bridgehead atoms. The van der Waals surface area contributed by atoms with E-state index in [2.05, 4.69) is 16.0 Å². The number of carbonyl (C=O) groups is 2. The Morgan fingerprint density at radius 2 is 2.00 bits per heavy atom. The molecule has 2 amide bonds. The summed E-state index contributed by atoms with van der Waals surface area (Å²) in [6, 6.07) is 0. The van der Waals surface area contributed by atoms with Gasteiger partial charge in [-0.2, -0.15) is 0 Å². The molecule has 100 valence electrons. The van der Waals surface area contributed by atoms with Crippen LogP contribution in [0.3, 0.4) is 0 Å². The van der Waals surface area contributed by atoms with Crippen LogP contribution in [0.25, 0.3) is 0 Å². The first-order valence-electron chi connectivity index (χ1n) is 5.94. The maximum absolute atomic E-state index is 12.0. The van der Waals surface area contributed by atoms with E-state index in [1.165, 1.54) is 0 Å². The molecule has 1 fully saturated rings. The minimum atomic E-state index is -0.452. The lowest BCUT2D eigenvalue weighted by Crippen LogP contribution is -2.54. The Labute approximate surface area is 109 Å². The number of halogens is 1. The highest BCUT2D eigenvalue weighted by Crippen LogP contribution is 2.22. The monoisotopic (exact) mass is 263 g/mol. The van der Waals surface area contributed by atoms with Gasteiger partial charge in [-0.1, -0.05) is 6.92 Å². The lowest BCUT2D eigenvalue weighted by molar-refractivity contribution is -0.130. The summed E-state index contributed by atoms with van der Waals surface area (Å²) in [4.78, 5) is 23.2. The summed E-state index contributed by atoms with van der Waals surface area (Å²) < 4.78 is 0. The molecule has 1 saturated heterocycles. The molecule has 1 aliphatic rings. The number of carbonyl (C=O) groups excluding carboxylic acids is 2. The zero-order chi connectivity index (χ0) is 12.0. The molecule has 0 aromatic heterocycles. The largest absolute Gasteiger partial charge is 0.355 e. The lowest BCUT2D eigenvalue weighted by Gasteiger charge is -2.26. The van der Waals surface area contributed by atoms with Crippen LogP contribution in [0.15, 0.2) is 0 Å². The van der Waals surface area contributed by atoms with E-state index in [0.717, 1.165) is 25.8 Å². The third kappa shape index (κ3) is 4.16. The molecule has 0 aromatic carbocycles. The molecule has 0 spiro atoms.